The molecule has 2 aromatic heterocycles. The van der Waals surface area contributed by atoms with Crippen LogP contribution in [0.3, 0.4) is 0 Å². The second kappa shape index (κ2) is 9.68. The van der Waals surface area contributed by atoms with Gasteiger partial charge in [-0.05, 0) is 52.5 Å². The monoisotopic (exact) mass is 559 g/mol. The molecule has 6 rings (SSSR count). The number of fused-ring (bicyclic) bond motifs is 2. The number of rotatable bonds is 6. The van der Waals surface area contributed by atoms with E-state index in [1.807, 2.05) is 26.1 Å². The van der Waals surface area contributed by atoms with Crippen molar-refractivity contribution in [3.05, 3.63) is 96.1 Å². The van der Waals surface area contributed by atoms with E-state index in [2.05, 4.69) is 102 Å². The fourth-order valence-corrected chi connectivity index (χ4v) is 10.9. The Morgan fingerprint density at radius 3 is 2.23 bits per heavy atom. The van der Waals surface area contributed by atoms with Crippen molar-refractivity contribution in [2.75, 3.05) is 6.61 Å². The van der Waals surface area contributed by atoms with Crippen molar-refractivity contribution >= 4 is 41.3 Å². The second-order valence-electron chi connectivity index (χ2n) is 11.8. The van der Waals surface area contributed by atoms with Crippen molar-refractivity contribution in [3.8, 4) is 0 Å². The van der Waals surface area contributed by atoms with Crippen molar-refractivity contribution in [2.24, 2.45) is 0 Å². The summed E-state index contributed by atoms with van der Waals surface area (Å²) in [6.07, 6.45) is 5.58. The van der Waals surface area contributed by atoms with Crippen LogP contribution in [-0.2, 0) is 13.9 Å². The largest absolute Gasteiger partial charge is 0.403 e. The molecule has 39 heavy (non-hydrogen) atoms. The van der Waals surface area contributed by atoms with Crippen LogP contribution in [0.2, 0.25) is 10.3 Å². The summed E-state index contributed by atoms with van der Waals surface area (Å²) in [6, 6.07) is 23.3. The molecule has 6 nitrogen and oxygen atoms in total. The molecule has 8 heteroatoms. The molecule has 4 aromatic rings. The molecule has 202 valence electrons. The van der Waals surface area contributed by atoms with Gasteiger partial charge in [0.05, 0.1) is 12.6 Å². The van der Waals surface area contributed by atoms with Gasteiger partial charge in [-0.3, -0.25) is 0 Å². The molecule has 0 amide bonds. The number of nitrogens with zero attached hydrogens (tertiary/aromatic N) is 3. The maximum atomic E-state index is 7.28. The lowest BCUT2D eigenvalue weighted by molar-refractivity contribution is -0.148. The predicted molar refractivity (Wildman–Crippen MR) is 157 cm³/mol. The Morgan fingerprint density at radius 2 is 1.62 bits per heavy atom. The number of halogens is 1. The van der Waals surface area contributed by atoms with E-state index in [9.17, 15) is 0 Å². The van der Waals surface area contributed by atoms with Gasteiger partial charge in [0.2, 0.25) is 5.28 Å². The average Bonchev–Trinajstić information content (AvgIpc) is 3.55. The fourth-order valence-electron chi connectivity index (χ4n) is 6.21. The Kier molecular flexibility index (Phi) is 6.55. The molecule has 3 heterocycles. The summed E-state index contributed by atoms with van der Waals surface area (Å²) in [5.74, 6) is -0.708. The van der Waals surface area contributed by atoms with Gasteiger partial charge < -0.3 is 18.5 Å². The van der Waals surface area contributed by atoms with Crippen molar-refractivity contribution in [1.29, 1.82) is 0 Å². The van der Waals surface area contributed by atoms with Gasteiger partial charge in [0.25, 0.3) is 8.32 Å². The van der Waals surface area contributed by atoms with Crippen molar-refractivity contribution in [3.63, 3.8) is 0 Å². The first-order chi connectivity index (χ1) is 18.6. The van der Waals surface area contributed by atoms with Gasteiger partial charge in [-0.25, -0.2) is 4.98 Å². The van der Waals surface area contributed by atoms with Crippen LogP contribution >= 0.6 is 11.6 Å². The Hall–Kier alpha value is -2.81. The molecule has 0 saturated carbocycles. The van der Waals surface area contributed by atoms with Crippen LogP contribution in [0.1, 0.15) is 40.7 Å². The van der Waals surface area contributed by atoms with Gasteiger partial charge >= 0.3 is 0 Å². The lowest BCUT2D eigenvalue weighted by Crippen LogP contribution is -2.66. The molecule has 1 fully saturated rings. The molecular formula is C31H34ClN3O3Si. The molecular weight excluding hydrogens is 526 g/mol. The minimum Gasteiger partial charge on any atom is -0.403 e. The third-order valence-electron chi connectivity index (χ3n) is 7.84. The number of hydrogen-bond donors (Lipinski definition) is 0. The standard InChI is InChI=1S/C31H34ClN3O3Si/c1-30(2,3)39(23-12-8-6-9-13-23,24-14-10-7-11-15-24)36-20-22-18-25(27-26(22)37-31(4,5)38-27)35-17-16-21-19-33-29(32)34-28(21)35/h6-19,25-27H,20H2,1-5H3/t25-,26-,27+/m1/s1. The summed E-state index contributed by atoms with van der Waals surface area (Å²) in [5, 5.41) is 3.54. The lowest BCUT2D eigenvalue weighted by atomic mass is 10.1. The van der Waals surface area contributed by atoms with Crippen molar-refractivity contribution < 1.29 is 13.9 Å². The summed E-state index contributed by atoms with van der Waals surface area (Å²) >= 11 is 6.18. The van der Waals surface area contributed by atoms with Gasteiger partial charge in [0, 0.05) is 17.8 Å². The first-order valence-corrected chi connectivity index (χ1v) is 15.7. The van der Waals surface area contributed by atoms with Crippen molar-refractivity contribution in [1.82, 2.24) is 14.5 Å². The van der Waals surface area contributed by atoms with E-state index in [4.69, 9.17) is 25.5 Å². The Balaban J connectivity index is 1.42. The topological polar surface area (TPSA) is 58.4 Å². The maximum Gasteiger partial charge on any atom is 0.261 e. The number of ether oxygens (including phenoxy) is 2. The summed E-state index contributed by atoms with van der Waals surface area (Å²) in [6.45, 7) is 11.3. The highest BCUT2D eigenvalue weighted by Crippen LogP contribution is 2.45. The second-order valence-corrected chi connectivity index (χ2v) is 16.5. The molecule has 1 aliphatic carbocycles. The van der Waals surface area contributed by atoms with Gasteiger partial charge in [0.15, 0.2) is 5.79 Å². The van der Waals surface area contributed by atoms with E-state index in [1.165, 1.54) is 10.4 Å². The third-order valence-corrected chi connectivity index (χ3v) is 13.0. The van der Waals surface area contributed by atoms with Crippen LogP contribution in [0, 0.1) is 0 Å². The minimum absolute atomic E-state index is 0.113. The number of benzene rings is 2. The number of hydrogen-bond acceptors (Lipinski definition) is 5. The lowest BCUT2D eigenvalue weighted by Gasteiger charge is -2.43. The molecule has 0 spiro atoms. The zero-order chi connectivity index (χ0) is 27.4. The Morgan fingerprint density at radius 1 is 0.974 bits per heavy atom. The van der Waals surface area contributed by atoms with Gasteiger partial charge in [-0.15, -0.1) is 0 Å². The molecule has 1 aliphatic heterocycles. The van der Waals surface area contributed by atoms with Gasteiger partial charge in [0.1, 0.15) is 17.9 Å². The molecule has 0 bridgehead atoms. The first-order valence-electron chi connectivity index (χ1n) is 13.4. The van der Waals surface area contributed by atoms with Crippen LogP contribution in [0.25, 0.3) is 11.0 Å². The minimum atomic E-state index is -2.72. The van der Waals surface area contributed by atoms with Crippen LogP contribution in [0.5, 0.6) is 0 Å². The Bertz CT molecular complexity index is 1480. The first kappa shape index (κ1) is 26.4. The van der Waals surface area contributed by atoms with Crippen molar-refractivity contribution in [2.45, 2.75) is 63.7 Å². The summed E-state index contributed by atoms with van der Waals surface area (Å²) in [5.41, 5.74) is 1.86. The summed E-state index contributed by atoms with van der Waals surface area (Å²) in [4.78, 5) is 8.66. The van der Waals surface area contributed by atoms with E-state index in [0.29, 0.717) is 6.61 Å². The SMILES string of the molecule is CC1(C)O[C@@H]2[C@H](O1)C(CO[Si](c1ccccc1)(c1ccccc1)C(C)(C)C)=C[C@H]2n1ccc2cnc(Cl)nc21. The molecule has 0 radical (unpaired) electrons. The van der Waals surface area contributed by atoms with E-state index in [1.54, 1.807) is 6.20 Å². The highest BCUT2D eigenvalue weighted by atomic mass is 35.5. The normalized spacial score (nSPS) is 22.7. The summed E-state index contributed by atoms with van der Waals surface area (Å²) in [7, 11) is -2.72. The molecule has 3 atom stereocenters. The van der Waals surface area contributed by atoms with E-state index < -0.39 is 14.1 Å². The predicted octanol–water partition coefficient (Wildman–Crippen LogP) is 5.66. The van der Waals surface area contributed by atoms with Gasteiger partial charge in [-0.1, -0.05) is 87.5 Å². The van der Waals surface area contributed by atoms with Crippen LogP contribution < -0.4 is 10.4 Å². The fraction of sp³-hybridized carbons (Fsp3) is 0.355. The van der Waals surface area contributed by atoms with Gasteiger partial charge in [-0.2, -0.15) is 4.98 Å². The Labute approximate surface area is 235 Å². The molecule has 2 aromatic carbocycles. The van der Waals surface area contributed by atoms with Crippen LogP contribution in [-0.4, -0.2) is 47.5 Å². The maximum absolute atomic E-state index is 7.28. The highest BCUT2D eigenvalue weighted by Gasteiger charge is 2.53. The van der Waals surface area contributed by atoms with Crippen LogP contribution in [0.4, 0.5) is 0 Å². The van der Waals surface area contributed by atoms with E-state index >= 15 is 0 Å². The smallest absolute Gasteiger partial charge is 0.261 e. The zero-order valence-corrected chi connectivity index (χ0v) is 24.7. The molecule has 1 saturated heterocycles. The number of aromatic nitrogens is 3. The molecule has 0 N–H and O–H groups in total. The third kappa shape index (κ3) is 4.56. The van der Waals surface area contributed by atoms with E-state index in [0.717, 1.165) is 16.6 Å². The van der Waals surface area contributed by atoms with E-state index in [-0.39, 0.29) is 28.6 Å². The summed E-state index contributed by atoms with van der Waals surface area (Å²) < 4.78 is 22.3. The molecule has 2 aliphatic rings. The average molecular weight is 560 g/mol. The molecule has 0 unspecified atom stereocenters. The highest BCUT2D eigenvalue weighted by molar-refractivity contribution is 6.99. The van der Waals surface area contributed by atoms with Crippen LogP contribution in [0.15, 0.2) is 90.8 Å². The zero-order valence-electron chi connectivity index (χ0n) is 23.0. The quantitative estimate of drug-likeness (QED) is 0.173.